The quantitative estimate of drug-likeness (QED) is 0.379. The number of likely N-dealkylation sites (tertiary alicyclic amines) is 1. The van der Waals surface area contributed by atoms with Gasteiger partial charge in [-0.25, -0.2) is 14.2 Å². The van der Waals surface area contributed by atoms with E-state index >= 15 is 4.39 Å². The Labute approximate surface area is 222 Å². The van der Waals surface area contributed by atoms with E-state index in [-0.39, 0.29) is 60.9 Å². The summed E-state index contributed by atoms with van der Waals surface area (Å²) >= 11 is 0. The minimum absolute atomic E-state index is 0.0241. The Morgan fingerprint density at radius 2 is 1.97 bits per heavy atom. The number of fused-ring (bicyclic) bond motifs is 5. The summed E-state index contributed by atoms with van der Waals surface area (Å²) in [5.41, 5.74) is 1.51. The largest absolute Gasteiger partial charge is 0.458 e. The van der Waals surface area contributed by atoms with Crippen molar-refractivity contribution in [3.63, 3.8) is 0 Å². The number of β-amino-alcohol motifs (C(OH)–C–C–N with tert-alkyl or cyclic N) is 1. The number of carbonyl (C=O) groups is 2. The zero-order valence-corrected chi connectivity index (χ0v) is 21.9. The number of hydrogen-bond acceptors (Lipinski definition) is 7. The van der Waals surface area contributed by atoms with Crippen LogP contribution in [0.15, 0.2) is 16.9 Å². The minimum atomic E-state index is -1.96. The van der Waals surface area contributed by atoms with Crippen LogP contribution in [0, 0.1) is 12.7 Å². The number of aryl methyl sites for hydroxylation is 1. The predicted molar refractivity (Wildman–Crippen MR) is 137 cm³/mol. The molecule has 1 fully saturated rings. The van der Waals surface area contributed by atoms with Crippen LogP contribution in [0.1, 0.15) is 66.5 Å². The Kier molecular flexibility index (Phi) is 4.84. The molecule has 9 nitrogen and oxygen atoms in total. The van der Waals surface area contributed by atoms with Crippen LogP contribution < -0.4 is 5.56 Å². The van der Waals surface area contributed by atoms with Gasteiger partial charge < -0.3 is 24.4 Å². The molecule has 2 N–H and O–H groups in total. The van der Waals surface area contributed by atoms with Crippen LogP contribution in [-0.4, -0.2) is 49.2 Å². The monoisotopic (exact) mass is 533 g/mol. The highest BCUT2D eigenvalue weighted by Crippen LogP contribution is 2.50. The lowest BCUT2D eigenvalue weighted by Crippen LogP contribution is -2.47. The molecule has 4 aliphatic rings. The summed E-state index contributed by atoms with van der Waals surface area (Å²) in [6.45, 7) is 5.48. The lowest BCUT2D eigenvalue weighted by Gasteiger charge is -2.44. The van der Waals surface area contributed by atoms with Gasteiger partial charge in [-0.3, -0.25) is 9.59 Å². The summed E-state index contributed by atoms with van der Waals surface area (Å²) in [6, 6.07) is 3.03. The molecule has 3 aromatic rings. The first-order chi connectivity index (χ1) is 18.5. The number of esters is 1. The van der Waals surface area contributed by atoms with E-state index in [1.807, 2.05) is 6.92 Å². The molecule has 10 heteroatoms. The van der Waals surface area contributed by atoms with Crippen LogP contribution in [0.2, 0.25) is 0 Å². The summed E-state index contributed by atoms with van der Waals surface area (Å²) in [4.78, 5) is 46.0. The van der Waals surface area contributed by atoms with E-state index in [0.29, 0.717) is 35.3 Å². The lowest BCUT2D eigenvalue weighted by molar-refractivity contribution is -0.172. The number of aromatic nitrogens is 2. The number of carbonyl (C=O) groups excluding carboxylic acids is 2. The van der Waals surface area contributed by atoms with Crippen molar-refractivity contribution in [1.82, 2.24) is 14.5 Å². The van der Waals surface area contributed by atoms with Crippen LogP contribution in [0.4, 0.5) is 4.39 Å². The number of halogens is 1. The number of cyclic esters (lactones) is 1. The van der Waals surface area contributed by atoms with E-state index in [1.165, 1.54) is 6.07 Å². The number of aliphatic hydroxyl groups is 2. The lowest BCUT2D eigenvalue weighted by atomic mass is 9.73. The molecule has 7 rings (SSSR count). The van der Waals surface area contributed by atoms with Gasteiger partial charge in [-0.05, 0) is 55.9 Å². The third-order valence-corrected chi connectivity index (χ3v) is 9.40. The number of aliphatic hydroxyl groups excluding tert-OH is 1. The predicted octanol–water partition coefficient (Wildman–Crippen LogP) is 2.28. The van der Waals surface area contributed by atoms with Gasteiger partial charge in [-0.2, -0.15) is 0 Å². The molecule has 1 aromatic carbocycles. The van der Waals surface area contributed by atoms with E-state index in [9.17, 15) is 24.6 Å². The fraction of sp³-hybridized carbons (Fsp3) is 0.448. The Hall–Kier alpha value is -3.63. The molecule has 0 bridgehead atoms. The summed E-state index contributed by atoms with van der Waals surface area (Å²) in [5.74, 6) is -1.34. The zero-order valence-electron chi connectivity index (χ0n) is 21.9. The Morgan fingerprint density at radius 3 is 2.67 bits per heavy atom. The standard InChI is InChI=1S/C29H28FN3O6/c1-4-29(38)18-8-21-25-16(11-32(21)26(36)17(18)12-39-27(29)37)24-23-15(13(2)19(30)9-20(23)31-25)5-6-28(24,3)33-10-14(34)7-22(33)35/h8-9,14,34,38H,4-7,10-12H2,1-3H3/t14-,28-,29-/m0/s1. The molecule has 3 aliphatic heterocycles. The van der Waals surface area contributed by atoms with Gasteiger partial charge in [0.1, 0.15) is 12.4 Å². The Bertz CT molecular complexity index is 1730. The molecule has 1 saturated heterocycles. The number of ether oxygens (including phenoxy) is 1. The maximum absolute atomic E-state index is 15.1. The third-order valence-electron chi connectivity index (χ3n) is 9.40. The molecule has 0 unspecified atom stereocenters. The Morgan fingerprint density at radius 1 is 1.21 bits per heavy atom. The minimum Gasteiger partial charge on any atom is -0.458 e. The van der Waals surface area contributed by atoms with Gasteiger partial charge in [0, 0.05) is 29.1 Å². The first kappa shape index (κ1) is 24.4. The van der Waals surface area contributed by atoms with E-state index in [4.69, 9.17) is 9.72 Å². The van der Waals surface area contributed by atoms with Crippen LogP contribution in [-0.2, 0) is 45.0 Å². The fourth-order valence-electron chi connectivity index (χ4n) is 7.22. The van der Waals surface area contributed by atoms with E-state index in [0.717, 1.165) is 22.1 Å². The Balaban J connectivity index is 1.56. The van der Waals surface area contributed by atoms with Crippen LogP contribution in [0.5, 0.6) is 0 Å². The molecule has 5 heterocycles. The highest BCUT2D eigenvalue weighted by atomic mass is 19.1. The first-order valence-corrected chi connectivity index (χ1v) is 13.3. The molecule has 1 amide bonds. The smallest absolute Gasteiger partial charge is 0.343 e. The SMILES string of the molecule is CC[C@@]1(O)C(=O)OCc2c1cc1n(c2=O)Cc2c-1nc1cc(F)c(C)c3c1c2[C@@](C)(N1C[C@@H](O)CC1=O)CC3. The molecule has 202 valence electrons. The maximum atomic E-state index is 15.1. The molecular formula is C29H28FN3O6. The summed E-state index contributed by atoms with van der Waals surface area (Å²) in [7, 11) is 0. The second-order valence-corrected chi connectivity index (χ2v) is 11.4. The van der Waals surface area contributed by atoms with Gasteiger partial charge in [-0.1, -0.05) is 6.92 Å². The van der Waals surface area contributed by atoms with Gasteiger partial charge in [0.15, 0.2) is 5.60 Å². The molecular weight excluding hydrogens is 505 g/mol. The number of benzene rings is 1. The van der Waals surface area contributed by atoms with Crippen molar-refractivity contribution in [2.24, 2.45) is 0 Å². The highest BCUT2D eigenvalue weighted by Gasteiger charge is 2.49. The van der Waals surface area contributed by atoms with Crippen LogP contribution in [0.3, 0.4) is 0 Å². The van der Waals surface area contributed by atoms with Crippen LogP contribution >= 0.6 is 0 Å². The van der Waals surface area contributed by atoms with Crippen molar-refractivity contribution >= 4 is 22.8 Å². The molecule has 0 spiro atoms. The van der Waals surface area contributed by atoms with Gasteiger partial charge in [0.25, 0.3) is 5.56 Å². The normalized spacial score (nSPS) is 27.0. The van der Waals surface area contributed by atoms with Crippen molar-refractivity contribution in [3.8, 4) is 11.4 Å². The van der Waals surface area contributed by atoms with Gasteiger partial charge >= 0.3 is 5.97 Å². The summed E-state index contributed by atoms with van der Waals surface area (Å²) in [6.07, 6.45) is 0.349. The van der Waals surface area contributed by atoms with Crippen molar-refractivity contribution < 1.29 is 28.9 Å². The van der Waals surface area contributed by atoms with E-state index < -0.39 is 23.2 Å². The first-order valence-electron chi connectivity index (χ1n) is 13.3. The van der Waals surface area contributed by atoms with Crippen molar-refractivity contribution in [3.05, 3.63) is 61.7 Å². The highest BCUT2D eigenvalue weighted by molar-refractivity contribution is 5.94. The van der Waals surface area contributed by atoms with Crippen LogP contribution in [0.25, 0.3) is 22.3 Å². The number of rotatable bonds is 2. The second-order valence-electron chi connectivity index (χ2n) is 11.4. The summed E-state index contributed by atoms with van der Waals surface area (Å²) < 4.78 is 21.8. The van der Waals surface area contributed by atoms with E-state index in [1.54, 1.807) is 29.4 Å². The molecule has 2 aromatic heterocycles. The average molecular weight is 534 g/mol. The number of nitrogens with zero attached hydrogens (tertiary/aromatic N) is 3. The molecule has 39 heavy (non-hydrogen) atoms. The maximum Gasteiger partial charge on any atom is 0.343 e. The summed E-state index contributed by atoms with van der Waals surface area (Å²) in [5, 5.41) is 22.3. The molecule has 0 radical (unpaired) electrons. The van der Waals surface area contributed by atoms with Gasteiger partial charge in [0.05, 0.1) is 47.1 Å². The second kappa shape index (κ2) is 7.73. The van der Waals surface area contributed by atoms with Crippen molar-refractivity contribution in [2.75, 3.05) is 6.54 Å². The molecule has 0 saturated carbocycles. The van der Waals surface area contributed by atoms with Gasteiger partial charge in [0.2, 0.25) is 5.91 Å². The van der Waals surface area contributed by atoms with Crippen molar-refractivity contribution in [2.45, 2.75) is 76.9 Å². The topological polar surface area (TPSA) is 122 Å². The van der Waals surface area contributed by atoms with Crippen molar-refractivity contribution in [1.29, 1.82) is 0 Å². The zero-order chi connectivity index (χ0) is 27.6. The number of pyridine rings is 2. The fourth-order valence-corrected chi connectivity index (χ4v) is 7.22. The third kappa shape index (κ3) is 2.96. The average Bonchev–Trinajstić information content (AvgIpc) is 3.45. The molecule has 1 aliphatic carbocycles. The van der Waals surface area contributed by atoms with E-state index in [2.05, 4.69) is 0 Å². The molecule has 3 atom stereocenters. The number of amides is 1. The van der Waals surface area contributed by atoms with Gasteiger partial charge in [-0.15, -0.1) is 0 Å². The number of hydrogen-bond donors (Lipinski definition) is 2.